The summed E-state index contributed by atoms with van der Waals surface area (Å²) in [6.45, 7) is 13.2. The zero-order valence-corrected chi connectivity index (χ0v) is 29.8. The van der Waals surface area contributed by atoms with Crippen molar-refractivity contribution in [2.24, 2.45) is 0 Å². The molecule has 52 heavy (non-hydrogen) atoms. The van der Waals surface area contributed by atoms with Crippen LogP contribution in [0.1, 0.15) is 50.7 Å². The molecule has 0 radical (unpaired) electrons. The zero-order chi connectivity index (χ0) is 37.9. The van der Waals surface area contributed by atoms with Crippen LogP contribution in [0.3, 0.4) is 0 Å². The fourth-order valence-corrected chi connectivity index (χ4v) is 5.70. The lowest BCUT2D eigenvalue weighted by Gasteiger charge is -2.13. The normalized spacial score (nSPS) is 12.0. The molecular formula is C37H37NO13S. The van der Waals surface area contributed by atoms with Gasteiger partial charge in [0.1, 0.15) is 41.2 Å². The first-order chi connectivity index (χ1) is 24.8. The average molecular weight is 736 g/mol. The Bertz CT molecular complexity index is 2020. The fraction of sp³-hybridized carbons (Fsp3) is 0.324. The van der Waals surface area contributed by atoms with Gasteiger partial charge in [0.15, 0.2) is 22.3 Å². The lowest BCUT2D eigenvalue weighted by molar-refractivity contribution is -0.156. The predicted octanol–water partition coefficient (Wildman–Crippen LogP) is 6.02. The van der Waals surface area contributed by atoms with E-state index < -0.39 is 48.0 Å². The van der Waals surface area contributed by atoms with E-state index in [2.05, 4.69) is 18.1 Å². The first-order valence-corrected chi connectivity index (χ1v) is 16.9. The van der Waals surface area contributed by atoms with Crippen LogP contribution in [0.4, 0.5) is 0 Å². The number of aryl methyl sites for hydroxylation is 2. The summed E-state index contributed by atoms with van der Waals surface area (Å²) in [6, 6.07) is 8.59. The third-order valence-corrected chi connectivity index (χ3v) is 8.19. The maximum Gasteiger partial charge on any atom is 0.330 e. The number of aromatic nitrogens is 1. The first-order valence-electron chi connectivity index (χ1n) is 16.1. The topological polar surface area (TPSA) is 184 Å². The molecule has 274 valence electrons. The molecule has 4 rings (SSSR count). The van der Waals surface area contributed by atoms with Crippen LogP contribution in [0.2, 0.25) is 0 Å². The van der Waals surface area contributed by atoms with Crippen LogP contribution in [0.5, 0.6) is 11.5 Å². The van der Waals surface area contributed by atoms with Gasteiger partial charge < -0.3 is 32.8 Å². The molecule has 0 saturated heterocycles. The SMILES string of the molecule is C=CC(=O)OCC(C)OC(=O)CCC(=O)Oc1ccc(OC(=O)CCC(=O)OCC(C)OC(=O)C=C)c2sc(-c3cc4c(C)cc(C)cc4o3)nc12. The molecule has 0 spiro atoms. The Morgan fingerprint density at radius 2 is 1.37 bits per heavy atom. The molecule has 15 heteroatoms. The van der Waals surface area contributed by atoms with Gasteiger partial charge in [0.05, 0.1) is 25.7 Å². The van der Waals surface area contributed by atoms with Crippen molar-refractivity contribution in [2.75, 3.05) is 13.2 Å². The van der Waals surface area contributed by atoms with E-state index in [0.29, 0.717) is 21.1 Å². The minimum Gasteiger partial charge on any atom is -0.462 e. The number of ether oxygens (including phenoxy) is 6. The van der Waals surface area contributed by atoms with Gasteiger partial charge in [-0.15, -0.1) is 11.3 Å². The predicted molar refractivity (Wildman–Crippen MR) is 187 cm³/mol. The van der Waals surface area contributed by atoms with Crippen LogP contribution in [0.25, 0.3) is 32.0 Å². The number of carbonyl (C=O) groups excluding carboxylic acids is 6. The number of benzene rings is 2. The number of esters is 6. The number of hydrogen-bond acceptors (Lipinski definition) is 15. The van der Waals surface area contributed by atoms with E-state index in [1.54, 1.807) is 0 Å². The summed E-state index contributed by atoms with van der Waals surface area (Å²) in [6.07, 6.45) is -0.740. The third-order valence-electron chi connectivity index (χ3n) is 7.11. The molecule has 0 aliphatic rings. The van der Waals surface area contributed by atoms with Crippen molar-refractivity contribution in [2.45, 2.75) is 65.6 Å². The molecule has 2 aromatic carbocycles. The highest BCUT2D eigenvalue weighted by Crippen LogP contribution is 2.42. The first kappa shape index (κ1) is 39.0. The van der Waals surface area contributed by atoms with Gasteiger partial charge in [-0.2, -0.15) is 0 Å². The van der Waals surface area contributed by atoms with Crippen molar-refractivity contribution in [1.29, 1.82) is 0 Å². The van der Waals surface area contributed by atoms with Gasteiger partial charge in [0.25, 0.3) is 0 Å². The molecule has 2 aromatic heterocycles. The highest BCUT2D eigenvalue weighted by atomic mass is 32.1. The molecule has 2 unspecified atom stereocenters. The van der Waals surface area contributed by atoms with Crippen molar-refractivity contribution in [3.05, 3.63) is 66.8 Å². The van der Waals surface area contributed by atoms with Crippen molar-refractivity contribution in [3.63, 3.8) is 0 Å². The number of thiazole rings is 1. The standard InChI is InChI=1S/C37H37NO13S/c1-7-29(39)45-18-23(6)48-32(42)13-14-33(43)50-25-9-10-26(51-34(44)12-11-31(41)46-19-22(5)47-30(40)8-2)36-35(25)38-37(52-36)28-17-24-21(4)15-20(3)16-27(24)49-28/h7-10,15-17,22-23H,1-2,11-14,18-19H2,3-6H3. The molecule has 0 aliphatic heterocycles. The second kappa shape index (κ2) is 17.9. The van der Waals surface area contributed by atoms with Gasteiger partial charge in [0, 0.05) is 17.5 Å². The smallest absolute Gasteiger partial charge is 0.330 e. The summed E-state index contributed by atoms with van der Waals surface area (Å²) in [5.41, 5.74) is 2.87. The molecule has 2 atom stereocenters. The van der Waals surface area contributed by atoms with Gasteiger partial charge in [-0.3, -0.25) is 19.2 Å². The van der Waals surface area contributed by atoms with E-state index in [1.807, 2.05) is 32.0 Å². The minimum absolute atomic E-state index is 0.0401. The molecule has 0 amide bonds. The van der Waals surface area contributed by atoms with Crippen molar-refractivity contribution in [1.82, 2.24) is 4.98 Å². The zero-order valence-electron chi connectivity index (χ0n) is 29.0. The molecular weight excluding hydrogens is 698 g/mol. The molecule has 0 bridgehead atoms. The number of furan rings is 1. The summed E-state index contributed by atoms with van der Waals surface area (Å²) in [4.78, 5) is 77.3. The van der Waals surface area contributed by atoms with Crippen LogP contribution in [0.15, 0.2) is 60.1 Å². The molecule has 0 aliphatic carbocycles. The second-order valence-corrected chi connectivity index (χ2v) is 12.6. The molecule has 0 saturated carbocycles. The molecule has 0 fully saturated rings. The maximum atomic E-state index is 12.8. The van der Waals surface area contributed by atoms with Gasteiger partial charge in [0.2, 0.25) is 0 Å². The largest absolute Gasteiger partial charge is 0.462 e. The highest BCUT2D eigenvalue weighted by molar-refractivity contribution is 7.22. The van der Waals surface area contributed by atoms with Crippen molar-refractivity contribution >= 4 is 68.3 Å². The van der Waals surface area contributed by atoms with E-state index in [-0.39, 0.29) is 55.9 Å². The van der Waals surface area contributed by atoms with E-state index in [0.717, 1.165) is 40.0 Å². The Labute approximate surface area is 302 Å². The second-order valence-electron chi connectivity index (χ2n) is 11.6. The van der Waals surface area contributed by atoms with Crippen LogP contribution >= 0.6 is 11.3 Å². The van der Waals surface area contributed by atoms with Gasteiger partial charge in [-0.25, -0.2) is 14.6 Å². The molecule has 2 heterocycles. The Balaban J connectivity index is 1.48. The summed E-state index contributed by atoms with van der Waals surface area (Å²) >= 11 is 1.13. The number of rotatable bonds is 17. The van der Waals surface area contributed by atoms with Gasteiger partial charge in [-0.1, -0.05) is 19.2 Å². The quantitative estimate of drug-likeness (QED) is 0.0531. The number of hydrogen-bond donors (Lipinski definition) is 0. The lowest BCUT2D eigenvalue weighted by Crippen LogP contribution is -2.22. The summed E-state index contributed by atoms with van der Waals surface area (Å²) in [5.74, 6) is -3.65. The van der Waals surface area contributed by atoms with Crippen molar-refractivity contribution in [3.8, 4) is 22.3 Å². The highest BCUT2D eigenvalue weighted by Gasteiger charge is 2.23. The van der Waals surface area contributed by atoms with Crippen LogP contribution in [-0.4, -0.2) is 66.2 Å². The lowest BCUT2D eigenvalue weighted by atomic mass is 10.1. The monoisotopic (exact) mass is 735 g/mol. The van der Waals surface area contributed by atoms with Crippen molar-refractivity contribution < 1.29 is 61.6 Å². The summed E-state index contributed by atoms with van der Waals surface area (Å²) in [5, 5.41) is 1.30. The van der Waals surface area contributed by atoms with Crippen LogP contribution in [-0.2, 0) is 47.7 Å². The Kier molecular flexibility index (Phi) is 13.4. The molecule has 0 N–H and O–H groups in total. The van der Waals surface area contributed by atoms with Gasteiger partial charge in [-0.05, 0) is 63.1 Å². The van der Waals surface area contributed by atoms with E-state index in [9.17, 15) is 28.8 Å². The molecule has 4 aromatic rings. The Hall–Kier alpha value is -5.83. The van der Waals surface area contributed by atoms with Gasteiger partial charge >= 0.3 is 35.8 Å². The van der Waals surface area contributed by atoms with E-state index >= 15 is 0 Å². The van der Waals surface area contributed by atoms with E-state index in [4.69, 9.17) is 32.8 Å². The number of carbonyl (C=O) groups is 6. The minimum atomic E-state index is -0.759. The van der Waals surface area contributed by atoms with Crippen LogP contribution in [0, 0.1) is 13.8 Å². The molecule has 14 nitrogen and oxygen atoms in total. The number of nitrogens with zero attached hydrogens (tertiary/aromatic N) is 1. The average Bonchev–Trinajstić information content (AvgIpc) is 3.75. The Morgan fingerprint density at radius 1 is 0.769 bits per heavy atom. The van der Waals surface area contributed by atoms with E-state index in [1.165, 1.54) is 26.0 Å². The van der Waals surface area contributed by atoms with Crippen LogP contribution < -0.4 is 9.47 Å². The number of fused-ring (bicyclic) bond motifs is 2. The Morgan fingerprint density at radius 3 is 2.06 bits per heavy atom. The third kappa shape index (κ3) is 10.8. The summed E-state index contributed by atoms with van der Waals surface area (Å²) < 4.78 is 37.7. The fourth-order valence-electron chi connectivity index (χ4n) is 4.72. The summed E-state index contributed by atoms with van der Waals surface area (Å²) in [7, 11) is 0. The maximum absolute atomic E-state index is 12.8.